The summed E-state index contributed by atoms with van der Waals surface area (Å²) in [5.74, 6) is 0.840. The van der Waals surface area contributed by atoms with Crippen LogP contribution in [0.15, 0.2) is 18.2 Å². The molecule has 0 bridgehead atoms. The molecule has 1 saturated heterocycles. The lowest BCUT2D eigenvalue weighted by molar-refractivity contribution is 0.0927. The van der Waals surface area contributed by atoms with E-state index in [1.807, 2.05) is 18.2 Å². The van der Waals surface area contributed by atoms with E-state index in [2.05, 4.69) is 10.3 Å². The number of benzene rings is 1. The second-order valence-electron chi connectivity index (χ2n) is 4.69. The minimum Gasteiger partial charge on any atom is -0.494 e. The number of methoxy groups -OCH3 is 1. The van der Waals surface area contributed by atoms with Crippen LogP contribution in [0.5, 0.6) is 5.75 Å². The summed E-state index contributed by atoms with van der Waals surface area (Å²) in [6, 6.07) is 5.70. The molecular formula is C14H16N2O2S. The molecule has 100 valence electrons. The standard InChI is InChI=1S/C14H16N2O2S/c1-18-10-6-4-7-11-12(10)16-14(19-11)13(17)9-5-2-3-8-15-9/h4,6-7,9,15H,2-3,5,8H2,1H3. The molecule has 0 aliphatic carbocycles. The van der Waals surface area contributed by atoms with E-state index < -0.39 is 0 Å². The first-order valence-corrected chi connectivity index (χ1v) is 7.32. The Balaban J connectivity index is 1.94. The van der Waals surface area contributed by atoms with Gasteiger partial charge in [0.15, 0.2) is 5.01 Å². The summed E-state index contributed by atoms with van der Waals surface area (Å²) in [4.78, 5) is 16.9. The Morgan fingerprint density at radius 3 is 3.11 bits per heavy atom. The van der Waals surface area contributed by atoms with Crippen LogP contribution >= 0.6 is 11.3 Å². The van der Waals surface area contributed by atoms with Gasteiger partial charge in [0.2, 0.25) is 5.78 Å². The highest BCUT2D eigenvalue weighted by Gasteiger charge is 2.25. The third-order valence-corrected chi connectivity index (χ3v) is 4.47. The number of thiazole rings is 1. The number of ether oxygens (including phenoxy) is 1. The molecule has 5 heteroatoms. The maximum atomic E-state index is 12.4. The van der Waals surface area contributed by atoms with Crippen molar-refractivity contribution in [1.82, 2.24) is 10.3 Å². The lowest BCUT2D eigenvalue weighted by Crippen LogP contribution is -2.40. The van der Waals surface area contributed by atoms with Gasteiger partial charge in [0, 0.05) is 0 Å². The van der Waals surface area contributed by atoms with Crippen molar-refractivity contribution in [1.29, 1.82) is 0 Å². The first-order chi connectivity index (χ1) is 9.29. The number of Topliss-reactive ketones (excluding diaryl/α,β-unsaturated/α-hetero) is 1. The van der Waals surface area contributed by atoms with Crippen LogP contribution in [0, 0.1) is 0 Å². The number of nitrogens with zero attached hydrogens (tertiary/aromatic N) is 1. The summed E-state index contributed by atoms with van der Waals surface area (Å²) >= 11 is 1.45. The van der Waals surface area contributed by atoms with Crippen molar-refractivity contribution < 1.29 is 9.53 Å². The molecule has 0 amide bonds. The van der Waals surface area contributed by atoms with Gasteiger partial charge in [-0.2, -0.15) is 0 Å². The zero-order chi connectivity index (χ0) is 13.2. The van der Waals surface area contributed by atoms with Crippen LogP contribution in [0.25, 0.3) is 10.2 Å². The first-order valence-electron chi connectivity index (χ1n) is 6.51. The van der Waals surface area contributed by atoms with Gasteiger partial charge in [0.1, 0.15) is 11.3 Å². The van der Waals surface area contributed by atoms with Crippen molar-refractivity contribution in [2.75, 3.05) is 13.7 Å². The van der Waals surface area contributed by atoms with Gasteiger partial charge >= 0.3 is 0 Å². The summed E-state index contributed by atoms with van der Waals surface area (Å²) in [6.45, 7) is 0.921. The molecule has 0 radical (unpaired) electrons. The lowest BCUT2D eigenvalue weighted by atomic mass is 10.0. The fourth-order valence-corrected chi connectivity index (χ4v) is 3.40. The number of hydrogen-bond acceptors (Lipinski definition) is 5. The van der Waals surface area contributed by atoms with Gasteiger partial charge in [-0.25, -0.2) is 4.98 Å². The molecule has 0 saturated carbocycles. The Hall–Kier alpha value is -1.46. The topological polar surface area (TPSA) is 51.2 Å². The first kappa shape index (κ1) is 12.6. The molecule has 1 aliphatic rings. The number of aromatic nitrogens is 1. The fourth-order valence-electron chi connectivity index (χ4n) is 2.42. The second-order valence-corrected chi connectivity index (χ2v) is 5.72. The lowest BCUT2D eigenvalue weighted by Gasteiger charge is -2.20. The highest BCUT2D eigenvalue weighted by molar-refractivity contribution is 7.20. The van der Waals surface area contributed by atoms with E-state index in [9.17, 15) is 4.79 Å². The largest absolute Gasteiger partial charge is 0.494 e. The molecule has 19 heavy (non-hydrogen) atoms. The molecule has 4 nitrogen and oxygen atoms in total. The molecule has 2 heterocycles. The third-order valence-electron chi connectivity index (χ3n) is 3.44. The van der Waals surface area contributed by atoms with E-state index in [0.29, 0.717) is 5.01 Å². The number of carbonyl (C=O) groups excluding carboxylic acids is 1. The van der Waals surface area contributed by atoms with Gasteiger partial charge in [0.25, 0.3) is 0 Å². The van der Waals surface area contributed by atoms with Gasteiger partial charge in [-0.15, -0.1) is 11.3 Å². The smallest absolute Gasteiger partial charge is 0.208 e. The summed E-state index contributed by atoms with van der Waals surface area (Å²) in [6.07, 6.45) is 3.17. The summed E-state index contributed by atoms with van der Waals surface area (Å²) in [5, 5.41) is 3.86. The van der Waals surface area contributed by atoms with Crippen LogP contribution < -0.4 is 10.1 Å². The van der Waals surface area contributed by atoms with Gasteiger partial charge < -0.3 is 10.1 Å². The SMILES string of the molecule is COc1cccc2sc(C(=O)C3CCCCN3)nc12. The zero-order valence-corrected chi connectivity index (χ0v) is 11.6. The number of nitrogens with one attached hydrogen (secondary N) is 1. The number of rotatable bonds is 3. The number of fused-ring (bicyclic) bond motifs is 1. The number of carbonyl (C=O) groups is 1. The minimum absolute atomic E-state index is 0.0692. The number of hydrogen-bond donors (Lipinski definition) is 1. The van der Waals surface area contributed by atoms with Crippen LogP contribution in [0.3, 0.4) is 0 Å². The average Bonchev–Trinajstić information content (AvgIpc) is 2.91. The summed E-state index contributed by atoms with van der Waals surface area (Å²) in [7, 11) is 1.62. The molecule has 2 aromatic rings. The Kier molecular flexibility index (Phi) is 3.48. The van der Waals surface area contributed by atoms with Crippen molar-refractivity contribution >= 4 is 27.3 Å². The van der Waals surface area contributed by atoms with Crippen LogP contribution in [-0.4, -0.2) is 30.5 Å². The maximum Gasteiger partial charge on any atom is 0.208 e. The molecular weight excluding hydrogens is 260 g/mol. The minimum atomic E-state index is -0.0692. The van der Waals surface area contributed by atoms with E-state index in [0.717, 1.165) is 41.8 Å². The van der Waals surface area contributed by atoms with Crippen molar-refractivity contribution in [3.05, 3.63) is 23.2 Å². The quantitative estimate of drug-likeness (QED) is 0.876. The predicted octanol–water partition coefficient (Wildman–Crippen LogP) is 2.63. The van der Waals surface area contributed by atoms with E-state index in [1.54, 1.807) is 7.11 Å². The molecule has 1 unspecified atom stereocenters. The summed E-state index contributed by atoms with van der Waals surface area (Å²) in [5.41, 5.74) is 0.786. The maximum absolute atomic E-state index is 12.4. The van der Waals surface area contributed by atoms with Crippen molar-refractivity contribution in [3.63, 3.8) is 0 Å². The Morgan fingerprint density at radius 1 is 1.47 bits per heavy atom. The van der Waals surface area contributed by atoms with Crippen LogP contribution in [-0.2, 0) is 0 Å². The monoisotopic (exact) mass is 276 g/mol. The molecule has 1 aromatic carbocycles. The predicted molar refractivity (Wildman–Crippen MR) is 76.1 cm³/mol. The van der Waals surface area contributed by atoms with Gasteiger partial charge in [0.05, 0.1) is 17.9 Å². The molecule has 0 spiro atoms. The molecule has 1 aliphatic heterocycles. The molecule has 1 atom stereocenters. The third kappa shape index (κ3) is 2.35. The Morgan fingerprint density at radius 2 is 2.37 bits per heavy atom. The highest BCUT2D eigenvalue weighted by Crippen LogP contribution is 2.30. The second kappa shape index (κ2) is 5.27. The van der Waals surface area contributed by atoms with Crippen molar-refractivity contribution in [2.45, 2.75) is 25.3 Å². The number of piperidine rings is 1. The molecule has 1 aromatic heterocycles. The summed E-state index contributed by atoms with van der Waals surface area (Å²) < 4.78 is 6.28. The van der Waals surface area contributed by atoms with Crippen LogP contribution in [0.2, 0.25) is 0 Å². The van der Waals surface area contributed by atoms with Gasteiger partial charge in [-0.1, -0.05) is 12.5 Å². The van der Waals surface area contributed by atoms with Gasteiger partial charge in [-0.3, -0.25) is 4.79 Å². The zero-order valence-electron chi connectivity index (χ0n) is 10.8. The molecule has 3 rings (SSSR count). The van der Waals surface area contributed by atoms with E-state index in [-0.39, 0.29) is 11.8 Å². The number of para-hydroxylation sites is 1. The van der Waals surface area contributed by atoms with Crippen molar-refractivity contribution in [2.24, 2.45) is 0 Å². The molecule has 1 N–H and O–H groups in total. The average molecular weight is 276 g/mol. The Labute approximate surface area is 115 Å². The highest BCUT2D eigenvalue weighted by atomic mass is 32.1. The Bertz CT molecular complexity index is 603. The van der Waals surface area contributed by atoms with E-state index >= 15 is 0 Å². The molecule has 1 fully saturated rings. The van der Waals surface area contributed by atoms with Gasteiger partial charge in [-0.05, 0) is 31.5 Å². The van der Waals surface area contributed by atoms with Crippen LogP contribution in [0.1, 0.15) is 29.1 Å². The van der Waals surface area contributed by atoms with Crippen LogP contribution in [0.4, 0.5) is 0 Å². The normalized spacial score (nSPS) is 19.5. The van der Waals surface area contributed by atoms with Crippen molar-refractivity contribution in [3.8, 4) is 5.75 Å². The van der Waals surface area contributed by atoms with E-state index in [4.69, 9.17) is 4.74 Å². The number of ketones is 1. The van der Waals surface area contributed by atoms with E-state index in [1.165, 1.54) is 11.3 Å². The fraction of sp³-hybridized carbons (Fsp3) is 0.429.